The first-order valence-corrected chi connectivity index (χ1v) is 11.8. The largest absolute Gasteiger partial charge is 0.291 e. The van der Waals surface area contributed by atoms with Crippen LogP contribution in [0, 0.1) is 0 Å². The fourth-order valence-corrected chi connectivity index (χ4v) is 4.84. The molecule has 166 valence electrons. The fraction of sp³-hybridized carbons (Fsp3) is 0.161. The second-order valence-corrected chi connectivity index (χ2v) is 9.90. The maximum atomic E-state index is 5.32. The van der Waals surface area contributed by atoms with Crippen LogP contribution in [0.2, 0.25) is 0 Å². The van der Waals surface area contributed by atoms with Gasteiger partial charge in [-0.1, -0.05) is 93.6 Å². The van der Waals surface area contributed by atoms with Gasteiger partial charge in [0.25, 0.3) is 0 Å². The van der Waals surface area contributed by atoms with Crippen molar-refractivity contribution in [3.8, 4) is 11.3 Å². The van der Waals surface area contributed by atoms with E-state index in [9.17, 15) is 0 Å². The minimum Gasteiger partial charge on any atom is -0.291 e. The smallest absolute Gasteiger partial charge is 0.147 e. The molecule has 2 aromatic carbocycles. The van der Waals surface area contributed by atoms with Gasteiger partial charge in [-0.2, -0.15) is 0 Å². The van der Waals surface area contributed by atoms with Gasteiger partial charge in [0, 0.05) is 22.1 Å². The van der Waals surface area contributed by atoms with Crippen LogP contribution in [0.1, 0.15) is 38.4 Å². The van der Waals surface area contributed by atoms with Crippen molar-refractivity contribution in [2.75, 3.05) is 0 Å². The van der Waals surface area contributed by atoms with Crippen molar-refractivity contribution in [1.82, 2.24) is 14.4 Å². The van der Waals surface area contributed by atoms with Gasteiger partial charge in [-0.25, -0.2) is 4.98 Å². The van der Waals surface area contributed by atoms with Gasteiger partial charge in [0.15, 0.2) is 0 Å². The number of benzene rings is 2. The van der Waals surface area contributed by atoms with E-state index in [4.69, 9.17) is 9.97 Å². The molecule has 0 fully saturated rings. The number of pyridine rings is 2. The number of aromatic nitrogens is 3. The summed E-state index contributed by atoms with van der Waals surface area (Å²) in [4.78, 5) is 10.4. The Bertz CT molecular complexity index is 1640. The highest BCUT2D eigenvalue weighted by molar-refractivity contribution is 6.07. The summed E-state index contributed by atoms with van der Waals surface area (Å²) >= 11 is 0. The zero-order chi connectivity index (χ0) is 23.3. The summed E-state index contributed by atoms with van der Waals surface area (Å²) in [5.74, 6) is 0. The molecule has 0 unspecified atom stereocenters. The van der Waals surface area contributed by atoms with Crippen LogP contribution in [0.4, 0.5) is 0 Å². The molecule has 1 aliphatic rings. The molecule has 3 heterocycles. The van der Waals surface area contributed by atoms with Gasteiger partial charge in [-0.15, -0.1) is 0 Å². The van der Waals surface area contributed by atoms with Crippen LogP contribution < -0.4 is 0 Å². The molecule has 0 amide bonds. The van der Waals surface area contributed by atoms with E-state index in [1.54, 1.807) is 0 Å². The highest BCUT2D eigenvalue weighted by Gasteiger charge is 2.24. The van der Waals surface area contributed by atoms with Gasteiger partial charge >= 0.3 is 0 Å². The first kappa shape index (κ1) is 20.6. The van der Waals surface area contributed by atoms with E-state index in [1.807, 2.05) is 0 Å². The lowest BCUT2D eigenvalue weighted by molar-refractivity contribution is 0.571. The minimum absolute atomic E-state index is 0.0533. The first-order chi connectivity index (χ1) is 16.5. The monoisotopic (exact) mass is 441 g/mol. The molecular formula is C31H27N3. The lowest BCUT2D eigenvalue weighted by Gasteiger charge is -2.22. The summed E-state index contributed by atoms with van der Waals surface area (Å²) in [6, 6.07) is 23.4. The Morgan fingerprint density at radius 1 is 0.794 bits per heavy atom. The highest BCUT2D eigenvalue weighted by atomic mass is 15.0. The second kappa shape index (κ2) is 7.81. The quantitative estimate of drug-likeness (QED) is 0.279. The molecule has 3 nitrogen and oxygen atoms in total. The van der Waals surface area contributed by atoms with Crippen molar-refractivity contribution in [3.05, 3.63) is 108 Å². The number of rotatable bonds is 2. The molecule has 0 bridgehead atoms. The van der Waals surface area contributed by atoms with Gasteiger partial charge in [-0.05, 0) is 41.8 Å². The van der Waals surface area contributed by atoms with Crippen LogP contribution in [0.25, 0.3) is 44.4 Å². The number of allylic oxidation sites excluding steroid dienone is 6. The number of hydrogen-bond acceptors (Lipinski definition) is 2. The van der Waals surface area contributed by atoms with Crippen molar-refractivity contribution >= 4 is 33.2 Å². The topological polar surface area (TPSA) is 30.2 Å². The van der Waals surface area contributed by atoms with Gasteiger partial charge in [0.05, 0.1) is 22.2 Å². The third kappa shape index (κ3) is 3.28. The van der Waals surface area contributed by atoms with Gasteiger partial charge in [-0.3, -0.25) is 9.38 Å². The van der Waals surface area contributed by atoms with E-state index in [-0.39, 0.29) is 5.41 Å². The Kier molecular flexibility index (Phi) is 4.73. The zero-order valence-corrected chi connectivity index (χ0v) is 19.8. The lowest BCUT2D eigenvalue weighted by atomic mass is 9.89. The van der Waals surface area contributed by atoms with E-state index in [1.165, 1.54) is 11.1 Å². The molecule has 0 radical (unpaired) electrons. The van der Waals surface area contributed by atoms with E-state index in [0.717, 1.165) is 51.0 Å². The maximum absolute atomic E-state index is 5.32. The Morgan fingerprint density at radius 2 is 1.59 bits per heavy atom. The summed E-state index contributed by atoms with van der Waals surface area (Å²) in [7, 11) is 0. The molecule has 0 atom stereocenters. The fourth-order valence-electron chi connectivity index (χ4n) is 4.84. The number of imidazole rings is 1. The van der Waals surface area contributed by atoms with E-state index in [0.29, 0.717) is 0 Å². The standard InChI is InChI=1S/C31H27N3/c1-31(2,3)26-20-19-23-28(33-26)27(21-13-7-4-5-8-14-21)29(22-15-9-6-10-16-22)34-25-18-12-11-17-24(25)32-30(23)34/h4-13,15-20H,14H2,1-3H3. The van der Waals surface area contributed by atoms with Crippen LogP contribution in [0.15, 0.2) is 97.1 Å². The Hall–Kier alpha value is -3.98. The maximum Gasteiger partial charge on any atom is 0.147 e. The van der Waals surface area contributed by atoms with E-state index >= 15 is 0 Å². The molecule has 0 spiro atoms. The van der Waals surface area contributed by atoms with Crippen LogP contribution >= 0.6 is 0 Å². The predicted molar refractivity (Wildman–Crippen MR) is 143 cm³/mol. The lowest BCUT2D eigenvalue weighted by Crippen LogP contribution is -2.14. The minimum atomic E-state index is -0.0533. The molecule has 6 rings (SSSR count). The van der Waals surface area contributed by atoms with Crippen molar-refractivity contribution in [1.29, 1.82) is 0 Å². The average Bonchev–Trinajstić information content (AvgIpc) is 3.02. The second-order valence-electron chi connectivity index (χ2n) is 9.90. The van der Waals surface area contributed by atoms with Gasteiger partial charge < -0.3 is 0 Å². The van der Waals surface area contributed by atoms with Crippen LogP contribution in [0.5, 0.6) is 0 Å². The van der Waals surface area contributed by atoms with Crippen molar-refractivity contribution in [3.63, 3.8) is 0 Å². The molecule has 0 N–H and O–H groups in total. The zero-order valence-electron chi connectivity index (χ0n) is 19.8. The number of para-hydroxylation sites is 2. The molecule has 34 heavy (non-hydrogen) atoms. The van der Waals surface area contributed by atoms with Crippen LogP contribution in [-0.2, 0) is 5.41 Å². The molecule has 0 aliphatic heterocycles. The van der Waals surface area contributed by atoms with Gasteiger partial charge in [0.2, 0.25) is 0 Å². The third-order valence-corrected chi connectivity index (χ3v) is 6.52. The molecule has 0 saturated heterocycles. The number of hydrogen-bond donors (Lipinski definition) is 0. The highest BCUT2D eigenvalue weighted by Crippen LogP contribution is 2.40. The third-order valence-electron chi connectivity index (χ3n) is 6.52. The average molecular weight is 442 g/mol. The number of nitrogens with zero attached hydrogens (tertiary/aromatic N) is 3. The molecular weight excluding hydrogens is 414 g/mol. The van der Waals surface area contributed by atoms with E-state index < -0.39 is 0 Å². The van der Waals surface area contributed by atoms with Crippen molar-refractivity contribution in [2.24, 2.45) is 0 Å². The SMILES string of the molecule is CC(C)(C)c1ccc2c(n1)c(C1=CC=CC=CC1)c(-c1ccccc1)n1c3ccccc3nc21. The van der Waals surface area contributed by atoms with Gasteiger partial charge in [0.1, 0.15) is 5.65 Å². The molecule has 1 aliphatic carbocycles. The molecule has 5 aromatic rings. The summed E-state index contributed by atoms with van der Waals surface area (Å²) in [5, 5.41) is 1.08. The summed E-state index contributed by atoms with van der Waals surface area (Å²) in [6.07, 6.45) is 11.6. The number of fused-ring (bicyclic) bond motifs is 5. The summed E-state index contributed by atoms with van der Waals surface area (Å²) in [6.45, 7) is 6.66. The Morgan fingerprint density at radius 3 is 2.41 bits per heavy atom. The van der Waals surface area contributed by atoms with E-state index in [2.05, 4.69) is 122 Å². The van der Waals surface area contributed by atoms with Crippen LogP contribution in [-0.4, -0.2) is 14.4 Å². The normalized spacial score (nSPS) is 14.1. The molecule has 0 saturated carbocycles. The van der Waals surface area contributed by atoms with Crippen LogP contribution in [0.3, 0.4) is 0 Å². The molecule has 3 heteroatoms. The van der Waals surface area contributed by atoms with Crippen molar-refractivity contribution in [2.45, 2.75) is 32.6 Å². The predicted octanol–water partition coefficient (Wildman–Crippen LogP) is 7.90. The Labute approximate surface area is 199 Å². The molecule has 3 aromatic heterocycles. The van der Waals surface area contributed by atoms with Crippen molar-refractivity contribution < 1.29 is 0 Å². The first-order valence-electron chi connectivity index (χ1n) is 11.8. The summed E-state index contributed by atoms with van der Waals surface area (Å²) < 4.78 is 2.33. The Balaban J connectivity index is 1.89. The summed E-state index contributed by atoms with van der Waals surface area (Å²) in [5.41, 5.74) is 9.84.